The fourth-order valence-electron chi connectivity index (χ4n) is 2.05. The first-order valence-corrected chi connectivity index (χ1v) is 7.81. The first kappa shape index (κ1) is 17.6. The maximum absolute atomic E-state index is 11.9. The second-order valence-electron chi connectivity index (χ2n) is 5.27. The highest BCUT2D eigenvalue weighted by atomic mass is 16.5. The number of nitriles is 1. The molecular weight excluding hydrogens is 308 g/mol. The average molecular weight is 328 g/mol. The summed E-state index contributed by atoms with van der Waals surface area (Å²) in [6, 6.07) is 12.2. The van der Waals surface area contributed by atoms with E-state index in [2.05, 4.69) is 11.4 Å². The van der Waals surface area contributed by atoms with E-state index in [1.54, 1.807) is 36.4 Å². The Bertz CT molecular complexity index is 718. The zero-order valence-electron chi connectivity index (χ0n) is 13.5. The molecule has 0 aliphatic carbocycles. The Morgan fingerprint density at radius 3 is 2.92 bits per heavy atom. The van der Waals surface area contributed by atoms with E-state index < -0.39 is 6.10 Å². The van der Waals surface area contributed by atoms with Gasteiger partial charge in [0.1, 0.15) is 24.2 Å². The first-order chi connectivity index (χ1) is 11.6. The zero-order valence-corrected chi connectivity index (χ0v) is 13.5. The lowest BCUT2D eigenvalue weighted by Crippen LogP contribution is -2.26. The average Bonchev–Trinajstić information content (AvgIpc) is 3.09. The quantitative estimate of drug-likeness (QED) is 0.776. The van der Waals surface area contributed by atoms with E-state index in [0.29, 0.717) is 36.5 Å². The van der Waals surface area contributed by atoms with Crippen molar-refractivity contribution in [3.8, 4) is 11.8 Å². The largest absolute Gasteiger partial charge is 0.484 e. The lowest BCUT2D eigenvalue weighted by Gasteiger charge is -2.07. The van der Waals surface area contributed by atoms with Gasteiger partial charge in [-0.1, -0.05) is 19.1 Å². The molecule has 0 saturated carbocycles. The molecule has 126 valence electrons. The van der Waals surface area contributed by atoms with Gasteiger partial charge in [-0.05, 0) is 37.1 Å². The van der Waals surface area contributed by atoms with E-state index in [0.717, 1.165) is 0 Å². The third-order valence-corrected chi connectivity index (χ3v) is 3.50. The van der Waals surface area contributed by atoms with Crippen molar-refractivity contribution in [3.63, 3.8) is 0 Å². The van der Waals surface area contributed by atoms with Gasteiger partial charge < -0.3 is 19.6 Å². The van der Waals surface area contributed by atoms with Crippen molar-refractivity contribution in [2.75, 3.05) is 6.54 Å². The van der Waals surface area contributed by atoms with Gasteiger partial charge in [0.2, 0.25) is 0 Å². The Morgan fingerprint density at radius 2 is 2.17 bits per heavy atom. The highest BCUT2D eigenvalue weighted by Crippen LogP contribution is 2.19. The number of para-hydroxylation sites is 1. The standard InChI is InChI=1S/C18H20N2O4/c1-2-14(21)9-10-20-18(22)17-8-7-15(24-17)12-23-16-6-4-3-5-13(16)11-19/h3-8,14,21H,2,9-10,12H2,1H3,(H,20,22). The van der Waals surface area contributed by atoms with E-state index in [9.17, 15) is 9.90 Å². The number of ether oxygens (including phenoxy) is 1. The number of nitrogens with one attached hydrogen (secondary N) is 1. The SMILES string of the molecule is CCC(O)CCNC(=O)c1ccc(COc2ccccc2C#N)o1. The van der Waals surface area contributed by atoms with E-state index in [-0.39, 0.29) is 18.3 Å². The van der Waals surface area contributed by atoms with Crippen LogP contribution in [0, 0.1) is 11.3 Å². The van der Waals surface area contributed by atoms with Crippen molar-refractivity contribution in [3.05, 3.63) is 53.5 Å². The monoisotopic (exact) mass is 328 g/mol. The number of carbonyl (C=O) groups excluding carboxylic acids is 1. The Hall–Kier alpha value is -2.78. The zero-order chi connectivity index (χ0) is 17.4. The van der Waals surface area contributed by atoms with E-state index in [1.165, 1.54) is 0 Å². The summed E-state index contributed by atoms with van der Waals surface area (Å²) in [6.07, 6.45) is 0.748. The van der Waals surface area contributed by atoms with Gasteiger partial charge in [0.25, 0.3) is 5.91 Å². The Labute approximate surface area is 140 Å². The van der Waals surface area contributed by atoms with Gasteiger partial charge in [-0.2, -0.15) is 5.26 Å². The maximum Gasteiger partial charge on any atom is 0.286 e. The Kier molecular flexibility index (Phi) is 6.41. The third kappa shape index (κ3) is 4.86. The minimum atomic E-state index is -0.411. The van der Waals surface area contributed by atoms with Crippen LogP contribution in [0.2, 0.25) is 0 Å². The van der Waals surface area contributed by atoms with Crippen LogP contribution in [-0.2, 0) is 6.61 Å². The molecule has 0 aliphatic rings. The Morgan fingerprint density at radius 1 is 1.38 bits per heavy atom. The molecule has 24 heavy (non-hydrogen) atoms. The predicted octanol–water partition coefficient (Wildman–Crippen LogP) is 2.62. The van der Waals surface area contributed by atoms with Gasteiger partial charge in [0.15, 0.2) is 5.76 Å². The summed E-state index contributed by atoms with van der Waals surface area (Å²) >= 11 is 0. The molecule has 2 rings (SSSR count). The fourth-order valence-corrected chi connectivity index (χ4v) is 2.05. The van der Waals surface area contributed by atoms with Crippen molar-refractivity contribution in [2.45, 2.75) is 32.5 Å². The van der Waals surface area contributed by atoms with Gasteiger partial charge in [-0.25, -0.2) is 0 Å². The molecule has 1 aromatic carbocycles. The molecule has 6 heteroatoms. The topological polar surface area (TPSA) is 95.5 Å². The number of nitrogens with zero attached hydrogens (tertiary/aromatic N) is 1. The van der Waals surface area contributed by atoms with Crippen molar-refractivity contribution in [1.29, 1.82) is 5.26 Å². The molecule has 0 radical (unpaired) electrons. The molecule has 1 atom stereocenters. The molecule has 2 N–H and O–H groups in total. The summed E-state index contributed by atoms with van der Waals surface area (Å²) in [5, 5.41) is 21.2. The van der Waals surface area contributed by atoms with Crippen LogP contribution in [0.3, 0.4) is 0 Å². The van der Waals surface area contributed by atoms with Crippen molar-refractivity contribution < 1.29 is 19.1 Å². The van der Waals surface area contributed by atoms with Crippen molar-refractivity contribution >= 4 is 5.91 Å². The number of rotatable bonds is 8. The number of furan rings is 1. The molecule has 0 spiro atoms. The molecular formula is C18H20N2O4. The number of aliphatic hydroxyl groups is 1. The summed E-state index contributed by atoms with van der Waals surface area (Å²) in [4.78, 5) is 11.9. The molecule has 0 saturated heterocycles. The number of hydrogen-bond acceptors (Lipinski definition) is 5. The summed E-state index contributed by atoms with van der Waals surface area (Å²) in [7, 11) is 0. The second kappa shape index (κ2) is 8.75. The Balaban J connectivity index is 1.86. The van der Waals surface area contributed by atoms with Crippen molar-refractivity contribution in [2.24, 2.45) is 0 Å². The van der Waals surface area contributed by atoms with Gasteiger partial charge in [0.05, 0.1) is 11.7 Å². The van der Waals surface area contributed by atoms with E-state index in [4.69, 9.17) is 14.4 Å². The molecule has 0 aliphatic heterocycles. The van der Waals surface area contributed by atoms with Crippen LogP contribution < -0.4 is 10.1 Å². The van der Waals surface area contributed by atoms with Gasteiger partial charge >= 0.3 is 0 Å². The highest BCUT2D eigenvalue weighted by Gasteiger charge is 2.12. The minimum absolute atomic E-state index is 0.126. The summed E-state index contributed by atoms with van der Waals surface area (Å²) in [5.74, 6) is 0.813. The normalized spacial score (nSPS) is 11.5. The van der Waals surface area contributed by atoms with Crippen LogP contribution in [0.1, 0.15) is 41.6 Å². The van der Waals surface area contributed by atoms with Gasteiger partial charge in [-0.3, -0.25) is 4.79 Å². The van der Waals surface area contributed by atoms with E-state index in [1.807, 2.05) is 6.92 Å². The second-order valence-corrected chi connectivity index (χ2v) is 5.27. The third-order valence-electron chi connectivity index (χ3n) is 3.50. The van der Waals surface area contributed by atoms with Crippen LogP contribution in [-0.4, -0.2) is 23.7 Å². The lowest BCUT2D eigenvalue weighted by molar-refractivity contribution is 0.0910. The smallest absolute Gasteiger partial charge is 0.286 e. The molecule has 1 aromatic heterocycles. The maximum atomic E-state index is 11.9. The number of carbonyl (C=O) groups is 1. The van der Waals surface area contributed by atoms with Gasteiger partial charge in [-0.15, -0.1) is 0 Å². The van der Waals surface area contributed by atoms with Gasteiger partial charge in [0, 0.05) is 6.54 Å². The molecule has 6 nitrogen and oxygen atoms in total. The van der Waals surface area contributed by atoms with Crippen LogP contribution in [0.15, 0.2) is 40.8 Å². The summed E-state index contributed by atoms with van der Waals surface area (Å²) < 4.78 is 11.0. The summed E-state index contributed by atoms with van der Waals surface area (Å²) in [5.41, 5.74) is 0.441. The highest BCUT2D eigenvalue weighted by molar-refractivity contribution is 5.91. The van der Waals surface area contributed by atoms with Crippen LogP contribution in [0.25, 0.3) is 0 Å². The molecule has 2 aromatic rings. The van der Waals surface area contributed by atoms with Crippen molar-refractivity contribution in [1.82, 2.24) is 5.32 Å². The molecule has 0 fully saturated rings. The predicted molar refractivity (Wildman–Crippen MR) is 87.4 cm³/mol. The number of benzene rings is 1. The summed E-state index contributed by atoms with van der Waals surface area (Å²) in [6.45, 7) is 2.40. The minimum Gasteiger partial charge on any atom is -0.484 e. The number of aliphatic hydroxyl groups excluding tert-OH is 1. The van der Waals surface area contributed by atoms with Crippen LogP contribution in [0.4, 0.5) is 0 Å². The van der Waals surface area contributed by atoms with Crippen LogP contribution >= 0.6 is 0 Å². The first-order valence-electron chi connectivity index (χ1n) is 7.81. The molecule has 1 amide bonds. The van der Waals surface area contributed by atoms with Crippen LogP contribution in [0.5, 0.6) is 5.75 Å². The molecule has 1 unspecified atom stereocenters. The number of hydrogen-bond donors (Lipinski definition) is 2. The number of amides is 1. The van der Waals surface area contributed by atoms with E-state index >= 15 is 0 Å². The fraction of sp³-hybridized carbons (Fsp3) is 0.333. The lowest BCUT2D eigenvalue weighted by atomic mass is 10.2. The molecule has 1 heterocycles. The molecule has 0 bridgehead atoms.